The molecule has 0 bridgehead atoms. The SMILES string of the molecule is Cc1nc(-n2cccc2)sc1C(=O)N1CC[C@H](N2CCc3ccccc3C2)C1. The monoisotopic (exact) mass is 392 g/mol. The van der Waals surface area contributed by atoms with E-state index in [4.69, 9.17) is 0 Å². The lowest BCUT2D eigenvalue weighted by Gasteiger charge is -2.33. The van der Waals surface area contributed by atoms with Gasteiger partial charge in [0, 0.05) is 44.6 Å². The van der Waals surface area contributed by atoms with Crippen molar-refractivity contribution >= 4 is 17.2 Å². The second-order valence-electron chi connectivity index (χ2n) is 7.68. The molecule has 1 fully saturated rings. The Hall–Kier alpha value is -2.44. The van der Waals surface area contributed by atoms with Crippen LogP contribution in [0.15, 0.2) is 48.8 Å². The topological polar surface area (TPSA) is 41.4 Å². The van der Waals surface area contributed by atoms with Crippen LogP contribution in [0.3, 0.4) is 0 Å². The van der Waals surface area contributed by atoms with Crippen LogP contribution in [0, 0.1) is 6.92 Å². The number of fused-ring (bicyclic) bond motifs is 1. The molecule has 1 amide bonds. The number of carbonyl (C=O) groups is 1. The summed E-state index contributed by atoms with van der Waals surface area (Å²) in [4.78, 5) is 23.1. The van der Waals surface area contributed by atoms with Gasteiger partial charge >= 0.3 is 0 Å². The van der Waals surface area contributed by atoms with Crippen molar-refractivity contribution in [1.82, 2.24) is 19.4 Å². The molecule has 4 heterocycles. The van der Waals surface area contributed by atoms with Crippen molar-refractivity contribution in [2.24, 2.45) is 0 Å². The van der Waals surface area contributed by atoms with E-state index in [1.807, 2.05) is 40.9 Å². The minimum absolute atomic E-state index is 0.133. The van der Waals surface area contributed by atoms with Gasteiger partial charge in [-0.15, -0.1) is 0 Å². The van der Waals surface area contributed by atoms with Gasteiger partial charge in [0.25, 0.3) is 5.91 Å². The number of hydrogen-bond donors (Lipinski definition) is 0. The fourth-order valence-electron chi connectivity index (χ4n) is 4.35. The molecule has 0 radical (unpaired) electrons. The maximum atomic E-state index is 13.1. The Morgan fingerprint density at radius 2 is 1.89 bits per heavy atom. The molecular weight excluding hydrogens is 368 g/mol. The number of carbonyl (C=O) groups excluding carboxylic acids is 1. The average Bonchev–Trinajstić information content (AvgIpc) is 3.47. The minimum atomic E-state index is 0.133. The van der Waals surface area contributed by atoms with Crippen LogP contribution in [0.1, 0.15) is 32.9 Å². The van der Waals surface area contributed by atoms with E-state index in [1.165, 1.54) is 22.5 Å². The van der Waals surface area contributed by atoms with Crippen LogP contribution in [0.5, 0.6) is 0 Å². The standard InChI is InChI=1S/C22H24N4OS/c1-16-20(28-22(23-16)24-10-4-5-11-24)21(27)26-13-9-19(15-26)25-12-8-17-6-2-3-7-18(17)14-25/h2-7,10-11,19H,8-9,12-15H2,1H3/t19-/m0/s1. The smallest absolute Gasteiger partial charge is 0.265 e. The molecule has 2 aromatic heterocycles. The van der Waals surface area contributed by atoms with E-state index in [1.54, 1.807) is 0 Å². The van der Waals surface area contributed by atoms with Gasteiger partial charge in [-0.3, -0.25) is 9.69 Å². The summed E-state index contributed by atoms with van der Waals surface area (Å²) in [6, 6.07) is 13.1. The highest BCUT2D eigenvalue weighted by Gasteiger charge is 2.33. The molecule has 2 aliphatic rings. The number of thiazole rings is 1. The number of likely N-dealkylation sites (tertiary alicyclic amines) is 1. The van der Waals surface area contributed by atoms with Crippen LogP contribution in [-0.2, 0) is 13.0 Å². The molecule has 0 N–H and O–H groups in total. The van der Waals surface area contributed by atoms with Gasteiger partial charge in [-0.1, -0.05) is 35.6 Å². The molecular formula is C22H24N4OS. The van der Waals surface area contributed by atoms with Crippen molar-refractivity contribution in [3.05, 3.63) is 70.5 Å². The average molecular weight is 393 g/mol. The van der Waals surface area contributed by atoms with E-state index in [2.05, 4.69) is 34.1 Å². The Kier molecular flexibility index (Phi) is 4.53. The maximum Gasteiger partial charge on any atom is 0.265 e. The second-order valence-corrected chi connectivity index (χ2v) is 8.66. The summed E-state index contributed by atoms with van der Waals surface area (Å²) < 4.78 is 1.96. The predicted molar refractivity (Wildman–Crippen MR) is 111 cm³/mol. The summed E-state index contributed by atoms with van der Waals surface area (Å²) in [6.45, 7) is 5.67. The molecule has 0 aliphatic carbocycles. The number of benzene rings is 1. The van der Waals surface area contributed by atoms with Crippen LogP contribution >= 0.6 is 11.3 Å². The lowest BCUT2D eigenvalue weighted by Crippen LogP contribution is -2.41. The number of aryl methyl sites for hydroxylation is 1. The first-order valence-corrected chi connectivity index (χ1v) is 10.7. The fourth-order valence-corrected chi connectivity index (χ4v) is 5.35. The molecule has 6 heteroatoms. The van der Waals surface area contributed by atoms with Crippen molar-refractivity contribution in [2.45, 2.75) is 32.4 Å². The third kappa shape index (κ3) is 3.16. The zero-order chi connectivity index (χ0) is 19.1. The summed E-state index contributed by atoms with van der Waals surface area (Å²) in [5.41, 5.74) is 3.74. The highest BCUT2D eigenvalue weighted by atomic mass is 32.1. The summed E-state index contributed by atoms with van der Waals surface area (Å²) in [5.74, 6) is 0.133. The Morgan fingerprint density at radius 3 is 2.71 bits per heavy atom. The summed E-state index contributed by atoms with van der Waals surface area (Å²) in [6.07, 6.45) is 6.09. The molecule has 5 rings (SSSR count). The first-order chi connectivity index (χ1) is 13.7. The number of nitrogens with zero attached hydrogens (tertiary/aromatic N) is 4. The molecule has 1 atom stereocenters. The van der Waals surface area contributed by atoms with Gasteiger partial charge in [0.1, 0.15) is 4.88 Å². The summed E-state index contributed by atoms with van der Waals surface area (Å²) in [7, 11) is 0. The number of rotatable bonds is 3. The molecule has 0 saturated carbocycles. The normalized spacial score (nSPS) is 19.8. The van der Waals surface area contributed by atoms with Crippen LogP contribution in [-0.4, -0.2) is 50.9 Å². The van der Waals surface area contributed by atoms with Gasteiger partial charge in [-0.25, -0.2) is 4.98 Å². The zero-order valence-electron chi connectivity index (χ0n) is 16.0. The molecule has 5 nitrogen and oxygen atoms in total. The van der Waals surface area contributed by atoms with Gasteiger partial charge < -0.3 is 9.47 Å². The lowest BCUT2D eigenvalue weighted by molar-refractivity contribution is 0.0777. The number of amides is 1. The first-order valence-electron chi connectivity index (χ1n) is 9.90. The second kappa shape index (κ2) is 7.18. The van der Waals surface area contributed by atoms with Crippen molar-refractivity contribution in [3.8, 4) is 5.13 Å². The molecule has 0 spiro atoms. The fraction of sp³-hybridized carbons (Fsp3) is 0.364. The Balaban J connectivity index is 1.28. The highest BCUT2D eigenvalue weighted by Crippen LogP contribution is 2.28. The predicted octanol–water partition coefficient (Wildman–Crippen LogP) is 3.52. The van der Waals surface area contributed by atoms with Crippen molar-refractivity contribution in [2.75, 3.05) is 19.6 Å². The minimum Gasteiger partial charge on any atom is -0.336 e. The van der Waals surface area contributed by atoms with Gasteiger partial charge in [0.2, 0.25) is 0 Å². The highest BCUT2D eigenvalue weighted by molar-refractivity contribution is 7.16. The molecule has 144 valence electrons. The zero-order valence-corrected chi connectivity index (χ0v) is 16.9. The first kappa shape index (κ1) is 17.6. The summed E-state index contributed by atoms with van der Waals surface area (Å²) in [5, 5.41) is 0.856. The van der Waals surface area contributed by atoms with Crippen LogP contribution in [0.2, 0.25) is 0 Å². The van der Waals surface area contributed by atoms with E-state index in [0.717, 1.165) is 54.7 Å². The van der Waals surface area contributed by atoms with Gasteiger partial charge in [-0.05, 0) is 43.0 Å². The van der Waals surface area contributed by atoms with E-state index >= 15 is 0 Å². The Labute approximate surface area is 169 Å². The van der Waals surface area contributed by atoms with E-state index < -0.39 is 0 Å². The largest absolute Gasteiger partial charge is 0.336 e. The van der Waals surface area contributed by atoms with Crippen molar-refractivity contribution in [1.29, 1.82) is 0 Å². The third-order valence-corrected chi connectivity index (χ3v) is 7.09. The quantitative estimate of drug-likeness (QED) is 0.685. The van der Waals surface area contributed by atoms with Gasteiger partial charge in [0.15, 0.2) is 5.13 Å². The molecule has 28 heavy (non-hydrogen) atoms. The lowest BCUT2D eigenvalue weighted by atomic mass is 9.98. The van der Waals surface area contributed by atoms with Gasteiger partial charge in [0.05, 0.1) is 5.69 Å². The van der Waals surface area contributed by atoms with E-state index in [0.29, 0.717) is 6.04 Å². The third-order valence-electron chi connectivity index (χ3n) is 5.93. The molecule has 2 aliphatic heterocycles. The number of hydrogen-bond acceptors (Lipinski definition) is 4. The van der Waals surface area contributed by atoms with Gasteiger partial charge in [-0.2, -0.15) is 0 Å². The van der Waals surface area contributed by atoms with Crippen LogP contribution in [0.25, 0.3) is 5.13 Å². The molecule has 1 aromatic carbocycles. The maximum absolute atomic E-state index is 13.1. The molecule has 3 aromatic rings. The summed E-state index contributed by atoms with van der Waals surface area (Å²) >= 11 is 1.49. The van der Waals surface area contributed by atoms with E-state index in [-0.39, 0.29) is 5.91 Å². The Bertz CT molecular complexity index is 994. The molecule has 1 saturated heterocycles. The van der Waals surface area contributed by atoms with E-state index in [9.17, 15) is 4.79 Å². The van der Waals surface area contributed by atoms with Crippen LogP contribution < -0.4 is 0 Å². The van der Waals surface area contributed by atoms with Crippen molar-refractivity contribution < 1.29 is 4.79 Å². The number of aromatic nitrogens is 2. The van der Waals surface area contributed by atoms with Crippen LogP contribution in [0.4, 0.5) is 0 Å². The van der Waals surface area contributed by atoms with Crippen molar-refractivity contribution in [3.63, 3.8) is 0 Å². The Morgan fingerprint density at radius 1 is 1.11 bits per heavy atom. The molecule has 0 unspecified atom stereocenters.